The minimum atomic E-state index is -0.0131. The summed E-state index contributed by atoms with van der Waals surface area (Å²) in [5.41, 5.74) is 1.27. The first-order valence-electron chi connectivity index (χ1n) is 8.00. The molecule has 2 fully saturated rings. The molecule has 0 aliphatic carbocycles. The van der Waals surface area contributed by atoms with Crippen LogP contribution in [0.5, 0.6) is 5.75 Å². The molecule has 2 heterocycles. The van der Waals surface area contributed by atoms with Crippen molar-refractivity contribution in [2.24, 2.45) is 0 Å². The van der Waals surface area contributed by atoms with Gasteiger partial charge >= 0.3 is 0 Å². The number of hydrogen-bond acceptors (Lipinski definition) is 3. The number of carbonyl (C=O) groups excluding carboxylic acids is 1. The number of amides is 1. The Labute approximate surface area is 126 Å². The van der Waals surface area contributed by atoms with Crippen molar-refractivity contribution in [3.63, 3.8) is 0 Å². The number of hydrogen-bond donors (Lipinski definition) is 2. The highest BCUT2D eigenvalue weighted by molar-refractivity contribution is 5.77. The number of ether oxygens (including phenoxy) is 1. The van der Waals surface area contributed by atoms with Crippen LogP contribution in [0.2, 0.25) is 0 Å². The van der Waals surface area contributed by atoms with Gasteiger partial charge in [0, 0.05) is 18.1 Å². The van der Waals surface area contributed by atoms with Crippen LogP contribution in [0, 0.1) is 0 Å². The van der Waals surface area contributed by atoms with Crippen LogP contribution in [-0.4, -0.2) is 30.6 Å². The van der Waals surface area contributed by atoms with Crippen molar-refractivity contribution < 1.29 is 9.53 Å². The molecule has 1 aromatic carbocycles. The van der Waals surface area contributed by atoms with Crippen molar-refractivity contribution >= 4 is 5.91 Å². The smallest absolute Gasteiger partial charge is 0.258 e. The van der Waals surface area contributed by atoms with Crippen molar-refractivity contribution in [2.45, 2.75) is 57.2 Å². The lowest BCUT2D eigenvalue weighted by Gasteiger charge is -2.29. The fraction of sp³-hybridized carbons (Fsp3) is 0.588. The zero-order valence-electron chi connectivity index (χ0n) is 12.6. The van der Waals surface area contributed by atoms with Gasteiger partial charge in [-0.2, -0.15) is 0 Å². The van der Waals surface area contributed by atoms with E-state index in [1.54, 1.807) is 0 Å². The highest BCUT2D eigenvalue weighted by Crippen LogP contribution is 2.26. The summed E-state index contributed by atoms with van der Waals surface area (Å²) in [6, 6.07) is 9.43. The first-order valence-corrected chi connectivity index (χ1v) is 8.00. The molecule has 1 amide bonds. The molecule has 0 aromatic heterocycles. The number of nitrogens with one attached hydrogen (secondary N) is 2. The molecular formula is C17H24N2O2. The Morgan fingerprint density at radius 1 is 1.24 bits per heavy atom. The molecule has 2 saturated heterocycles. The summed E-state index contributed by atoms with van der Waals surface area (Å²) >= 11 is 0. The van der Waals surface area contributed by atoms with Crippen LogP contribution in [0.3, 0.4) is 0 Å². The lowest BCUT2D eigenvalue weighted by molar-refractivity contribution is -0.124. The molecule has 0 spiro atoms. The maximum atomic E-state index is 12.0. The fourth-order valence-electron chi connectivity index (χ4n) is 3.41. The molecule has 2 atom stereocenters. The summed E-state index contributed by atoms with van der Waals surface area (Å²) in [5.74, 6) is 0.744. The third-order valence-electron chi connectivity index (χ3n) is 4.54. The maximum Gasteiger partial charge on any atom is 0.258 e. The summed E-state index contributed by atoms with van der Waals surface area (Å²) in [4.78, 5) is 12.0. The van der Waals surface area contributed by atoms with E-state index in [1.165, 1.54) is 18.4 Å². The molecule has 2 unspecified atom stereocenters. The first-order chi connectivity index (χ1) is 10.2. The van der Waals surface area contributed by atoms with Crippen molar-refractivity contribution in [2.75, 3.05) is 6.61 Å². The predicted molar refractivity (Wildman–Crippen MR) is 82.4 cm³/mol. The molecule has 0 saturated carbocycles. The Bertz CT molecular complexity index is 474. The predicted octanol–water partition coefficient (Wildman–Crippen LogP) is 2.03. The Kier molecular flexibility index (Phi) is 4.44. The number of rotatable bonds is 5. The standard InChI is InChI=1S/C17H24N2O2/c1-2-12-3-7-16(8-4-12)21-11-17(20)19-15-9-13-5-6-14(10-15)18-13/h3-4,7-8,13-15,18H,2,5-6,9-11H2,1H3,(H,19,20). The second kappa shape index (κ2) is 6.48. The van der Waals surface area contributed by atoms with Gasteiger partial charge in [-0.3, -0.25) is 4.79 Å². The van der Waals surface area contributed by atoms with Crippen LogP contribution in [-0.2, 0) is 11.2 Å². The van der Waals surface area contributed by atoms with Gasteiger partial charge in [0.15, 0.2) is 6.61 Å². The molecule has 3 rings (SSSR count). The van der Waals surface area contributed by atoms with E-state index in [4.69, 9.17) is 4.74 Å². The zero-order valence-corrected chi connectivity index (χ0v) is 12.6. The highest BCUT2D eigenvalue weighted by atomic mass is 16.5. The molecule has 4 heteroatoms. The van der Waals surface area contributed by atoms with E-state index in [2.05, 4.69) is 17.6 Å². The molecule has 21 heavy (non-hydrogen) atoms. The van der Waals surface area contributed by atoms with Crippen LogP contribution in [0.15, 0.2) is 24.3 Å². The number of fused-ring (bicyclic) bond motifs is 2. The van der Waals surface area contributed by atoms with E-state index in [0.29, 0.717) is 18.1 Å². The van der Waals surface area contributed by atoms with Crippen LogP contribution in [0.25, 0.3) is 0 Å². The summed E-state index contributed by atoms with van der Waals surface area (Å²) in [7, 11) is 0. The molecule has 2 bridgehead atoms. The minimum absolute atomic E-state index is 0.0131. The number of carbonyl (C=O) groups is 1. The quantitative estimate of drug-likeness (QED) is 0.871. The lowest BCUT2D eigenvalue weighted by atomic mass is 10.00. The summed E-state index contributed by atoms with van der Waals surface area (Å²) in [6.07, 6.45) is 5.61. The third-order valence-corrected chi connectivity index (χ3v) is 4.54. The van der Waals surface area contributed by atoms with Gasteiger partial charge in [0.2, 0.25) is 0 Å². The molecule has 4 nitrogen and oxygen atoms in total. The average Bonchev–Trinajstić information content (AvgIpc) is 2.84. The number of aryl methyl sites for hydroxylation is 1. The summed E-state index contributed by atoms with van der Waals surface area (Å²) in [5, 5.41) is 6.69. The Balaban J connectivity index is 1.43. The van der Waals surface area contributed by atoms with Gasteiger partial charge < -0.3 is 15.4 Å². The largest absolute Gasteiger partial charge is 0.484 e. The van der Waals surface area contributed by atoms with Gasteiger partial charge in [0.05, 0.1) is 0 Å². The molecule has 2 N–H and O–H groups in total. The fourth-order valence-corrected chi connectivity index (χ4v) is 3.41. The molecular weight excluding hydrogens is 264 g/mol. The summed E-state index contributed by atoms with van der Waals surface area (Å²) in [6.45, 7) is 2.22. The Hall–Kier alpha value is -1.55. The molecule has 114 valence electrons. The SMILES string of the molecule is CCc1ccc(OCC(=O)NC2CC3CCC(C2)N3)cc1. The van der Waals surface area contributed by atoms with Gasteiger partial charge in [-0.1, -0.05) is 19.1 Å². The lowest BCUT2D eigenvalue weighted by Crippen LogP contribution is -2.48. The van der Waals surface area contributed by atoms with E-state index in [1.807, 2.05) is 24.3 Å². The minimum Gasteiger partial charge on any atom is -0.484 e. The van der Waals surface area contributed by atoms with E-state index in [9.17, 15) is 4.79 Å². The van der Waals surface area contributed by atoms with E-state index < -0.39 is 0 Å². The maximum absolute atomic E-state index is 12.0. The van der Waals surface area contributed by atoms with Gasteiger partial charge in [-0.25, -0.2) is 0 Å². The second-order valence-corrected chi connectivity index (χ2v) is 6.16. The molecule has 1 aromatic rings. The number of benzene rings is 1. The van der Waals surface area contributed by atoms with Crippen molar-refractivity contribution in [3.8, 4) is 5.75 Å². The Morgan fingerprint density at radius 2 is 1.90 bits per heavy atom. The Morgan fingerprint density at radius 3 is 2.52 bits per heavy atom. The average molecular weight is 288 g/mol. The third kappa shape index (κ3) is 3.76. The molecule has 0 radical (unpaired) electrons. The van der Waals surface area contributed by atoms with Crippen molar-refractivity contribution in [3.05, 3.63) is 29.8 Å². The first kappa shape index (κ1) is 14.4. The molecule has 2 aliphatic heterocycles. The van der Waals surface area contributed by atoms with E-state index in [-0.39, 0.29) is 12.5 Å². The molecule has 2 aliphatic rings. The second-order valence-electron chi connectivity index (χ2n) is 6.16. The van der Waals surface area contributed by atoms with E-state index >= 15 is 0 Å². The van der Waals surface area contributed by atoms with Crippen molar-refractivity contribution in [1.29, 1.82) is 0 Å². The highest BCUT2D eigenvalue weighted by Gasteiger charge is 2.33. The van der Waals surface area contributed by atoms with Crippen LogP contribution in [0.4, 0.5) is 0 Å². The monoisotopic (exact) mass is 288 g/mol. The van der Waals surface area contributed by atoms with Crippen LogP contribution in [0.1, 0.15) is 38.2 Å². The van der Waals surface area contributed by atoms with Gasteiger partial charge in [-0.15, -0.1) is 0 Å². The van der Waals surface area contributed by atoms with E-state index in [0.717, 1.165) is 25.0 Å². The van der Waals surface area contributed by atoms with Crippen LogP contribution >= 0.6 is 0 Å². The number of piperidine rings is 1. The zero-order chi connectivity index (χ0) is 14.7. The summed E-state index contributed by atoms with van der Waals surface area (Å²) < 4.78 is 5.55. The topological polar surface area (TPSA) is 50.4 Å². The van der Waals surface area contributed by atoms with Crippen LogP contribution < -0.4 is 15.4 Å². The van der Waals surface area contributed by atoms with Gasteiger partial charge in [0.25, 0.3) is 5.91 Å². The normalized spacial score (nSPS) is 27.4. The van der Waals surface area contributed by atoms with Gasteiger partial charge in [-0.05, 0) is 49.8 Å². The van der Waals surface area contributed by atoms with Crippen molar-refractivity contribution in [1.82, 2.24) is 10.6 Å². The van der Waals surface area contributed by atoms with Gasteiger partial charge in [0.1, 0.15) is 5.75 Å².